The van der Waals surface area contributed by atoms with E-state index in [0.717, 1.165) is 0 Å². The molecule has 0 aliphatic heterocycles. The molecule has 0 spiro atoms. The van der Waals surface area contributed by atoms with E-state index in [2.05, 4.69) is 15.4 Å². The average Bonchev–Trinajstić information content (AvgIpc) is 2.75. The number of nitrogens with one attached hydrogen (secondary N) is 2. The van der Waals surface area contributed by atoms with Gasteiger partial charge in [0.2, 0.25) is 0 Å². The van der Waals surface area contributed by atoms with Gasteiger partial charge in [-0.1, -0.05) is 6.07 Å². The van der Waals surface area contributed by atoms with E-state index in [1.54, 1.807) is 24.3 Å². The number of carbonyl (C=O) groups excluding carboxylic acids is 3. The van der Waals surface area contributed by atoms with E-state index in [0.29, 0.717) is 22.7 Å². The fourth-order valence-corrected chi connectivity index (χ4v) is 2.26. The summed E-state index contributed by atoms with van der Waals surface area (Å²) in [6, 6.07) is 12.8. The molecule has 0 saturated carbocycles. The SMILES string of the molecule is COC(=O)CNC(=O)c1cccc(NC(=O)COc2ccc(C#N)cc2OC)c1. The number of benzene rings is 2. The van der Waals surface area contributed by atoms with Crippen molar-refractivity contribution in [2.75, 3.05) is 32.7 Å². The van der Waals surface area contributed by atoms with E-state index in [-0.39, 0.29) is 18.7 Å². The summed E-state index contributed by atoms with van der Waals surface area (Å²) in [5.41, 5.74) is 1.05. The van der Waals surface area contributed by atoms with Crippen molar-refractivity contribution in [3.05, 3.63) is 53.6 Å². The summed E-state index contributed by atoms with van der Waals surface area (Å²) in [5, 5.41) is 13.9. The van der Waals surface area contributed by atoms with Crippen molar-refractivity contribution >= 4 is 23.5 Å². The van der Waals surface area contributed by atoms with Crippen LogP contribution in [-0.2, 0) is 14.3 Å². The Bertz CT molecular complexity index is 951. The quantitative estimate of drug-likeness (QED) is 0.646. The van der Waals surface area contributed by atoms with Crippen molar-refractivity contribution in [3.8, 4) is 17.6 Å². The Balaban J connectivity index is 1.95. The van der Waals surface area contributed by atoms with Gasteiger partial charge in [0.15, 0.2) is 18.1 Å². The number of nitrogens with zero attached hydrogens (tertiary/aromatic N) is 1. The third kappa shape index (κ3) is 6.25. The maximum atomic E-state index is 12.2. The van der Waals surface area contributed by atoms with Gasteiger partial charge in [0, 0.05) is 17.3 Å². The molecule has 9 heteroatoms. The van der Waals surface area contributed by atoms with Crippen LogP contribution in [0.4, 0.5) is 5.69 Å². The van der Waals surface area contributed by atoms with Gasteiger partial charge in [-0.05, 0) is 30.3 Å². The van der Waals surface area contributed by atoms with E-state index >= 15 is 0 Å². The molecule has 0 unspecified atom stereocenters. The molecule has 0 fully saturated rings. The number of anilines is 1. The number of ether oxygens (including phenoxy) is 3. The standard InChI is InChI=1S/C20H19N3O6/c1-27-17-8-13(10-21)6-7-16(17)29-12-18(24)23-15-5-3-4-14(9-15)20(26)22-11-19(25)28-2/h3-9H,11-12H2,1-2H3,(H,22,26)(H,23,24). The van der Waals surface area contributed by atoms with Gasteiger partial charge in [-0.2, -0.15) is 5.26 Å². The lowest BCUT2D eigenvalue weighted by Crippen LogP contribution is -2.30. The minimum Gasteiger partial charge on any atom is -0.493 e. The summed E-state index contributed by atoms with van der Waals surface area (Å²) in [4.78, 5) is 35.3. The lowest BCUT2D eigenvalue weighted by Gasteiger charge is -2.11. The molecule has 2 rings (SSSR count). The molecule has 0 radical (unpaired) electrons. The Labute approximate surface area is 167 Å². The van der Waals surface area contributed by atoms with Crippen LogP contribution in [0.2, 0.25) is 0 Å². The molecule has 0 atom stereocenters. The summed E-state index contributed by atoms with van der Waals surface area (Å²) in [7, 11) is 2.65. The van der Waals surface area contributed by atoms with Gasteiger partial charge >= 0.3 is 5.97 Å². The molecule has 0 aromatic heterocycles. The second-order valence-corrected chi connectivity index (χ2v) is 5.65. The molecule has 0 bridgehead atoms. The summed E-state index contributed by atoms with van der Waals surface area (Å²) < 4.78 is 15.0. The van der Waals surface area contributed by atoms with Crippen molar-refractivity contribution in [1.29, 1.82) is 5.26 Å². The zero-order valence-electron chi connectivity index (χ0n) is 15.9. The number of nitriles is 1. The molecule has 2 amide bonds. The Kier molecular flexibility index (Phi) is 7.56. The van der Waals surface area contributed by atoms with Gasteiger partial charge in [0.25, 0.3) is 11.8 Å². The van der Waals surface area contributed by atoms with Crippen LogP contribution in [-0.4, -0.2) is 45.2 Å². The van der Waals surface area contributed by atoms with E-state index in [1.807, 2.05) is 6.07 Å². The summed E-state index contributed by atoms with van der Waals surface area (Å²) in [6.45, 7) is -0.562. The summed E-state index contributed by atoms with van der Waals surface area (Å²) in [5.74, 6) is -0.856. The second kappa shape index (κ2) is 10.3. The molecule has 0 aliphatic rings. The predicted molar refractivity (Wildman–Crippen MR) is 103 cm³/mol. The lowest BCUT2D eigenvalue weighted by molar-refractivity contribution is -0.139. The molecule has 9 nitrogen and oxygen atoms in total. The lowest BCUT2D eigenvalue weighted by atomic mass is 10.2. The molecule has 0 aliphatic carbocycles. The first-order valence-corrected chi connectivity index (χ1v) is 8.42. The van der Waals surface area contributed by atoms with Crippen molar-refractivity contribution in [2.45, 2.75) is 0 Å². The van der Waals surface area contributed by atoms with Gasteiger partial charge in [-0.25, -0.2) is 0 Å². The predicted octanol–water partition coefficient (Wildman–Crippen LogP) is 1.49. The minimum atomic E-state index is -0.571. The Morgan fingerprint density at radius 3 is 2.55 bits per heavy atom. The largest absolute Gasteiger partial charge is 0.493 e. The molecular weight excluding hydrogens is 378 g/mol. The highest BCUT2D eigenvalue weighted by Crippen LogP contribution is 2.27. The third-order valence-corrected chi connectivity index (χ3v) is 3.68. The Morgan fingerprint density at radius 1 is 1.07 bits per heavy atom. The first-order chi connectivity index (χ1) is 14.0. The molecule has 2 aromatic carbocycles. The normalized spacial score (nSPS) is 9.69. The van der Waals surface area contributed by atoms with Crippen LogP contribution in [0.25, 0.3) is 0 Å². The molecule has 0 saturated heterocycles. The van der Waals surface area contributed by atoms with Gasteiger partial charge in [-0.3, -0.25) is 14.4 Å². The summed E-state index contributed by atoms with van der Waals surface area (Å²) in [6.07, 6.45) is 0. The van der Waals surface area contributed by atoms with Crippen molar-refractivity contribution < 1.29 is 28.6 Å². The number of esters is 1. The van der Waals surface area contributed by atoms with E-state index < -0.39 is 17.8 Å². The molecule has 2 aromatic rings. The van der Waals surface area contributed by atoms with Crippen LogP contribution < -0.4 is 20.1 Å². The first kappa shape index (κ1) is 21.2. The highest BCUT2D eigenvalue weighted by atomic mass is 16.5. The van der Waals surface area contributed by atoms with E-state index in [9.17, 15) is 14.4 Å². The minimum absolute atomic E-state index is 0.258. The van der Waals surface area contributed by atoms with Crippen molar-refractivity contribution in [1.82, 2.24) is 5.32 Å². The maximum Gasteiger partial charge on any atom is 0.325 e. The maximum absolute atomic E-state index is 12.2. The topological polar surface area (TPSA) is 127 Å². The van der Waals surface area contributed by atoms with Gasteiger partial charge in [-0.15, -0.1) is 0 Å². The monoisotopic (exact) mass is 397 g/mol. The Hall–Kier alpha value is -4.06. The van der Waals surface area contributed by atoms with Crippen LogP contribution in [0, 0.1) is 11.3 Å². The highest BCUT2D eigenvalue weighted by Gasteiger charge is 2.11. The van der Waals surface area contributed by atoms with Gasteiger partial charge in [0.1, 0.15) is 6.54 Å². The molecule has 2 N–H and O–H groups in total. The fourth-order valence-electron chi connectivity index (χ4n) is 2.26. The zero-order valence-corrected chi connectivity index (χ0v) is 15.9. The third-order valence-electron chi connectivity index (χ3n) is 3.68. The van der Waals surface area contributed by atoms with E-state index in [1.165, 1.54) is 32.4 Å². The van der Waals surface area contributed by atoms with Crippen LogP contribution in [0.3, 0.4) is 0 Å². The number of methoxy groups -OCH3 is 2. The molecule has 150 valence electrons. The Morgan fingerprint density at radius 2 is 1.86 bits per heavy atom. The fraction of sp³-hybridized carbons (Fsp3) is 0.200. The smallest absolute Gasteiger partial charge is 0.325 e. The number of hydrogen-bond acceptors (Lipinski definition) is 7. The zero-order chi connectivity index (χ0) is 21.2. The first-order valence-electron chi connectivity index (χ1n) is 8.42. The average molecular weight is 397 g/mol. The summed E-state index contributed by atoms with van der Waals surface area (Å²) >= 11 is 0. The number of rotatable bonds is 8. The van der Waals surface area contributed by atoms with Crippen LogP contribution >= 0.6 is 0 Å². The molecule has 0 heterocycles. The number of amides is 2. The van der Waals surface area contributed by atoms with Crippen LogP contribution in [0.1, 0.15) is 15.9 Å². The van der Waals surface area contributed by atoms with Gasteiger partial charge in [0.05, 0.1) is 25.9 Å². The molecular formula is C20H19N3O6. The van der Waals surface area contributed by atoms with E-state index in [4.69, 9.17) is 14.7 Å². The van der Waals surface area contributed by atoms with Crippen LogP contribution in [0.15, 0.2) is 42.5 Å². The number of carbonyl (C=O) groups is 3. The van der Waals surface area contributed by atoms with Crippen LogP contribution in [0.5, 0.6) is 11.5 Å². The van der Waals surface area contributed by atoms with Crippen molar-refractivity contribution in [3.63, 3.8) is 0 Å². The second-order valence-electron chi connectivity index (χ2n) is 5.65. The number of hydrogen-bond donors (Lipinski definition) is 2. The van der Waals surface area contributed by atoms with Gasteiger partial charge < -0.3 is 24.8 Å². The van der Waals surface area contributed by atoms with Crippen molar-refractivity contribution in [2.24, 2.45) is 0 Å². The highest BCUT2D eigenvalue weighted by molar-refractivity contribution is 5.98. The molecule has 29 heavy (non-hydrogen) atoms.